The van der Waals surface area contributed by atoms with E-state index < -0.39 is 36.4 Å². The molecule has 0 heterocycles. The van der Waals surface area contributed by atoms with Crippen LogP contribution in [0.5, 0.6) is 5.75 Å². The third kappa shape index (κ3) is 10.7. The van der Waals surface area contributed by atoms with Crippen molar-refractivity contribution in [2.75, 3.05) is 26.2 Å². The zero-order valence-corrected chi connectivity index (χ0v) is 24.3. The Hall–Kier alpha value is -4.18. The molecule has 0 aliphatic rings. The van der Waals surface area contributed by atoms with Crippen LogP contribution in [0.25, 0.3) is 10.6 Å². The van der Waals surface area contributed by atoms with Crippen LogP contribution < -0.4 is 4.74 Å². The Balaban J connectivity index is 0.000000401. The number of likely N-dealkylation sites (N-methyl/N-ethyl adjacent to an activating group) is 1. The summed E-state index contributed by atoms with van der Waals surface area (Å²) in [4.78, 5) is 32.8. The van der Waals surface area contributed by atoms with Gasteiger partial charge in [-0.1, -0.05) is 98.2 Å². The summed E-state index contributed by atoms with van der Waals surface area (Å²) >= 11 is 6.87. The average Bonchev–Trinajstić information content (AvgIpc) is 2.96. The fourth-order valence-electron chi connectivity index (χ4n) is 4.02. The van der Waals surface area contributed by atoms with E-state index in [9.17, 15) is 14.4 Å². The number of carboxylic acids is 3. The van der Waals surface area contributed by atoms with Crippen LogP contribution in [0.3, 0.4) is 0 Å². The molecule has 3 aromatic rings. The van der Waals surface area contributed by atoms with E-state index in [1.807, 2.05) is 60.7 Å². The second-order valence-corrected chi connectivity index (χ2v) is 9.68. The van der Waals surface area contributed by atoms with Crippen molar-refractivity contribution >= 4 is 40.1 Å². The summed E-state index contributed by atoms with van der Waals surface area (Å²) in [5, 5.41) is 34.6. The van der Waals surface area contributed by atoms with Crippen molar-refractivity contribution in [3.05, 3.63) is 102 Å². The molecule has 0 amide bonds. The Labute approximate surface area is 250 Å². The molecule has 9 nitrogen and oxygen atoms in total. The summed E-state index contributed by atoms with van der Waals surface area (Å²) in [6.07, 6.45) is -2.29. The highest BCUT2D eigenvalue weighted by Crippen LogP contribution is 2.35. The minimum Gasteiger partial charge on any atom is -0.492 e. The van der Waals surface area contributed by atoms with E-state index in [4.69, 9.17) is 36.8 Å². The summed E-state index contributed by atoms with van der Waals surface area (Å²) in [5.74, 6) is -4.14. The highest BCUT2D eigenvalue weighted by molar-refractivity contribution is 6.53. The first-order chi connectivity index (χ1) is 20.0. The molecular formula is C32H36ClNO8. The van der Waals surface area contributed by atoms with Gasteiger partial charge >= 0.3 is 17.9 Å². The summed E-state index contributed by atoms with van der Waals surface area (Å²) in [5.41, 5.74) is 1.45. The molecule has 0 saturated carbocycles. The van der Waals surface area contributed by atoms with Crippen molar-refractivity contribution in [3.63, 3.8) is 0 Å². The molecule has 0 bridgehead atoms. The normalized spacial score (nSPS) is 11.6. The Morgan fingerprint density at radius 3 is 1.62 bits per heavy atom. The van der Waals surface area contributed by atoms with Crippen LogP contribution in [0.1, 0.15) is 43.4 Å². The van der Waals surface area contributed by atoms with Gasteiger partial charge in [0.25, 0.3) is 0 Å². The second kappa shape index (κ2) is 16.9. The number of carbonyl (C=O) groups is 3. The maximum atomic E-state index is 10.3. The lowest BCUT2D eigenvalue weighted by Gasteiger charge is -2.18. The molecule has 3 aromatic carbocycles. The van der Waals surface area contributed by atoms with Gasteiger partial charge in [0, 0.05) is 12.1 Å². The fourth-order valence-corrected chi connectivity index (χ4v) is 4.36. The molecule has 3 rings (SSSR count). The molecule has 0 saturated heterocycles. The first-order valence-electron chi connectivity index (χ1n) is 13.4. The lowest BCUT2D eigenvalue weighted by Crippen LogP contribution is -2.42. The van der Waals surface area contributed by atoms with Crippen LogP contribution in [0.2, 0.25) is 0 Å². The third-order valence-corrected chi connectivity index (χ3v) is 6.72. The molecule has 0 atom stereocenters. The maximum absolute atomic E-state index is 10.3. The smallest absolute Gasteiger partial charge is 0.336 e. The summed E-state index contributed by atoms with van der Waals surface area (Å²) < 4.78 is 5.94. The van der Waals surface area contributed by atoms with Crippen molar-refractivity contribution in [2.45, 2.75) is 32.3 Å². The highest BCUT2D eigenvalue weighted by atomic mass is 35.5. The molecule has 0 fully saturated rings. The molecule has 42 heavy (non-hydrogen) atoms. The number of rotatable bonds is 14. The number of nitrogens with zero attached hydrogens (tertiary/aromatic N) is 1. The van der Waals surface area contributed by atoms with Crippen LogP contribution in [0, 0.1) is 0 Å². The van der Waals surface area contributed by atoms with E-state index in [0.29, 0.717) is 6.61 Å². The largest absolute Gasteiger partial charge is 0.492 e. The number of aliphatic carboxylic acids is 3. The van der Waals surface area contributed by atoms with Crippen molar-refractivity contribution in [1.82, 2.24) is 4.90 Å². The molecule has 0 aromatic heterocycles. The van der Waals surface area contributed by atoms with E-state index >= 15 is 0 Å². The van der Waals surface area contributed by atoms with Crippen LogP contribution in [-0.4, -0.2) is 75.1 Å². The van der Waals surface area contributed by atoms with Crippen LogP contribution in [-0.2, 0) is 14.4 Å². The van der Waals surface area contributed by atoms with Gasteiger partial charge in [-0.15, -0.1) is 0 Å². The van der Waals surface area contributed by atoms with Gasteiger partial charge < -0.3 is 30.1 Å². The summed E-state index contributed by atoms with van der Waals surface area (Å²) in [6, 6.07) is 28.6. The number of carboxylic acid groups (broad SMARTS) is 3. The quantitative estimate of drug-likeness (QED) is 0.182. The van der Waals surface area contributed by atoms with Crippen molar-refractivity contribution < 1.29 is 39.5 Å². The first-order valence-corrected chi connectivity index (χ1v) is 13.7. The predicted octanol–water partition coefficient (Wildman–Crippen LogP) is 5.31. The Bertz CT molecular complexity index is 1310. The number of aliphatic hydroxyl groups is 1. The maximum Gasteiger partial charge on any atom is 0.336 e. The van der Waals surface area contributed by atoms with Crippen molar-refractivity contribution in [1.29, 1.82) is 0 Å². The fraction of sp³-hybridized carbons (Fsp3) is 0.281. The Kier molecular flexibility index (Phi) is 13.7. The predicted molar refractivity (Wildman–Crippen MR) is 161 cm³/mol. The van der Waals surface area contributed by atoms with E-state index in [2.05, 4.69) is 43.0 Å². The zero-order chi connectivity index (χ0) is 31.1. The van der Waals surface area contributed by atoms with Gasteiger partial charge in [-0.2, -0.15) is 0 Å². The number of benzene rings is 3. The number of halogens is 1. The van der Waals surface area contributed by atoms with Crippen molar-refractivity contribution in [3.8, 4) is 5.75 Å². The van der Waals surface area contributed by atoms with Gasteiger partial charge in [-0.3, -0.25) is 9.59 Å². The van der Waals surface area contributed by atoms with E-state index in [1.165, 1.54) is 0 Å². The standard InChI is InChI=1S/C26H28ClNO.C6H8O7/c1-3-28(4-2)19-20-29-24-17-15-22(16-18-24)25(21-11-7-5-8-12-21)26(27)23-13-9-6-10-14-23;7-3(8)1-6(13,5(11)12)2-4(9)10/h5-18H,3-4,19-20H2,1-2H3;13H,1-2H2,(H,7,8)(H,9,10)(H,11,12)/b26-25-;. The van der Waals surface area contributed by atoms with Gasteiger partial charge in [-0.05, 0) is 41.9 Å². The van der Waals surface area contributed by atoms with Gasteiger partial charge in [-0.25, -0.2) is 4.79 Å². The minimum atomic E-state index is -2.74. The van der Waals surface area contributed by atoms with Gasteiger partial charge in [0.1, 0.15) is 12.4 Å². The molecule has 0 aliphatic heterocycles. The molecule has 224 valence electrons. The van der Waals surface area contributed by atoms with Gasteiger partial charge in [0.05, 0.1) is 17.9 Å². The van der Waals surface area contributed by atoms with E-state index in [0.717, 1.165) is 52.7 Å². The number of ether oxygens (including phenoxy) is 1. The average molecular weight is 598 g/mol. The monoisotopic (exact) mass is 597 g/mol. The Morgan fingerprint density at radius 2 is 1.19 bits per heavy atom. The van der Waals surface area contributed by atoms with Gasteiger partial charge in [0.15, 0.2) is 5.60 Å². The Morgan fingerprint density at radius 1 is 0.738 bits per heavy atom. The van der Waals surface area contributed by atoms with Crippen LogP contribution >= 0.6 is 11.6 Å². The summed E-state index contributed by atoms with van der Waals surface area (Å²) in [7, 11) is 0. The highest BCUT2D eigenvalue weighted by Gasteiger charge is 2.40. The second-order valence-electron chi connectivity index (χ2n) is 9.30. The van der Waals surface area contributed by atoms with Crippen LogP contribution in [0.4, 0.5) is 0 Å². The first kappa shape index (κ1) is 34.0. The van der Waals surface area contributed by atoms with Gasteiger partial charge in [0.2, 0.25) is 0 Å². The minimum absolute atomic E-state index is 0.688. The molecule has 10 heteroatoms. The number of hydrogen-bond acceptors (Lipinski definition) is 6. The molecule has 0 radical (unpaired) electrons. The number of hydrogen-bond donors (Lipinski definition) is 4. The molecule has 4 N–H and O–H groups in total. The lowest BCUT2D eigenvalue weighted by molar-refractivity contribution is -0.170. The molecule has 0 unspecified atom stereocenters. The lowest BCUT2D eigenvalue weighted by atomic mass is 9.95. The van der Waals surface area contributed by atoms with E-state index in [-0.39, 0.29) is 0 Å². The molecular weight excluding hydrogens is 562 g/mol. The van der Waals surface area contributed by atoms with E-state index in [1.54, 1.807) is 0 Å². The van der Waals surface area contributed by atoms with Crippen molar-refractivity contribution in [2.24, 2.45) is 0 Å². The summed E-state index contributed by atoms with van der Waals surface area (Å²) in [6.45, 7) is 8.05. The van der Waals surface area contributed by atoms with Crippen LogP contribution in [0.15, 0.2) is 84.9 Å². The molecule has 0 aliphatic carbocycles. The SMILES string of the molecule is CCN(CC)CCOc1ccc(/C(=C(\Cl)c2ccccc2)c2ccccc2)cc1.O=C(O)CC(O)(CC(=O)O)C(=O)O. The molecule has 0 spiro atoms. The topological polar surface area (TPSA) is 145 Å². The third-order valence-electron chi connectivity index (χ3n) is 6.31. The zero-order valence-electron chi connectivity index (χ0n) is 23.6.